The predicted molar refractivity (Wildman–Crippen MR) is 65.3 cm³/mol. The molecule has 2 heterocycles. The van der Waals surface area contributed by atoms with Gasteiger partial charge in [0.15, 0.2) is 0 Å². The van der Waals surface area contributed by atoms with E-state index in [-0.39, 0.29) is 5.82 Å². The van der Waals surface area contributed by atoms with Crippen LogP contribution in [-0.2, 0) is 11.2 Å². The van der Waals surface area contributed by atoms with Crippen molar-refractivity contribution >= 4 is 23.6 Å². The number of hydrogen-bond donors (Lipinski definition) is 2. The number of thioether (sulfide) groups is 1. The Labute approximate surface area is 108 Å². The van der Waals surface area contributed by atoms with Crippen molar-refractivity contribution in [2.45, 2.75) is 25.8 Å². The van der Waals surface area contributed by atoms with Gasteiger partial charge < -0.3 is 10.0 Å². The van der Waals surface area contributed by atoms with Crippen LogP contribution in [0, 0.1) is 0 Å². The number of aliphatic carboxylic acids is 1. The first-order chi connectivity index (χ1) is 8.63. The fourth-order valence-electron chi connectivity index (χ4n) is 1.72. The second-order valence-corrected chi connectivity index (χ2v) is 4.98. The lowest BCUT2D eigenvalue weighted by molar-refractivity contribution is -0.140. The van der Waals surface area contributed by atoms with E-state index in [0.29, 0.717) is 17.5 Å². The van der Waals surface area contributed by atoms with E-state index in [1.54, 1.807) is 0 Å². The molecule has 1 amide bonds. The molecule has 1 aliphatic heterocycles. The first-order valence-electron chi connectivity index (χ1n) is 5.66. The molecule has 0 aliphatic carbocycles. The van der Waals surface area contributed by atoms with Gasteiger partial charge in [0.2, 0.25) is 5.82 Å². The highest BCUT2D eigenvalue weighted by Gasteiger charge is 2.36. The number of rotatable bonds is 4. The van der Waals surface area contributed by atoms with E-state index < -0.39 is 17.9 Å². The number of aromatic amines is 1. The van der Waals surface area contributed by atoms with E-state index in [2.05, 4.69) is 15.2 Å². The van der Waals surface area contributed by atoms with Crippen molar-refractivity contribution < 1.29 is 14.7 Å². The lowest BCUT2D eigenvalue weighted by atomic mass is 10.3. The van der Waals surface area contributed by atoms with E-state index in [9.17, 15) is 9.59 Å². The minimum absolute atomic E-state index is 0.0483. The highest BCUT2D eigenvalue weighted by atomic mass is 32.2. The van der Waals surface area contributed by atoms with Gasteiger partial charge in [-0.25, -0.2) is 9.78 Å². The number of carboxylic acid groups (broad SMARTS) is 1. The number of nitrogens with zero attached hydrogens (tertiary/aromatic N) is 3. The van der Waals surface area contributed by atoms with Gasteiger partial charge in [-0.1, -0.05) is 6.92 Å². The van der Waals surface area contributed by atoms with Gasteiger partial charge in [-0.3, -0.25) is 9.89 Å². The Kier molecular flexibility index (Phi) is 3.85. The number of amides is 1. The second-order valence-electron chi connectivity index (χ2n) is 3.98. The topological polar surface area (TPSA) is 99.2 Å². The normalized spacial score (nSPS) is 19.2. The minimum Gasteiger partial charge on any atom is -0.480 e. The molecule has 98 valence electrons. The molecule has 0 bridgehead atoms. The van der Waals surface area contributed by atoms with Crippen molar-refractivity contribution in [3.63, 3.8) is 0 Å². The third-order valence-corrected chi connectivity index (χ3v) is 3.65. The minimum atomic E-state index is -0.988. The molecule has 1 unspecified atom stereocenters. The third-order valence-electron chi connectivity index (χ3n) is 2.64. The Balaban J connectivity index is 2.12. The first-order valence-corrected chi connectivity index (χ1v) is 6.81. The molecule has 0 saturated carbocycles. The molecule has 1 aliphatic rings. The summed E-state index contributed by atoms with van der Waals surface area (Å²) in [6.45, 7) is 2.00. The summed E-state index contributed by atoms with van der Waals surface area (Å²) in [5.41, 5.74) is 0. The molecule has 7 nitrogen and oxygen atoms in total. The predicted octanol–water partition coefficient (Wildman–Crippen LogP) is 0.357. The summed E-state index contributed by atoms with van der Waals surface area (Å²) in [7, 11) is 0. The molecule has 1 aromatic rings. The highest BCUT2D eigenvalue weighted by molar-refractivity contribution is 7.99. The quantitative estimate of drug-likeness (QED) is 0.819. The average Bonchev–Trinajstić information content (AvgIpc) is 2.96. The van der Waals surface area contributed by atoms with Crippen molar-refractivity contribution in [1.29, 1.82) is 0 Å². The fourth-order valence-corrected chi connectivity index (χ4v) is 2.86. The standard InChI is InChI=1S/C10H14N4O3S/c1-2-3-7-11-8(13-12-7)9(15)14-5-18-4-6(14)10(16)17/h6H,2-5H2,1H3,(H,16,17)(H,11,12,13). The van der Waals surface area contributed by atoms with Crippen molar-refractivity contribution in [1.82, 2.24) is 20.1 Å². The van der Waals surface area contributed by atoms with Crippen LogP contribution in [0.5, 0.6) is 0 Å². The maximum absolute atomic E-state index is 12.1. The number of hydrogen-bond acceptors (Lipinski definition) is 5. The van der Waals surface area contributed by atoms with Gasteiger partial charge in [0.1, 0.15) is 11.9 Å². The summed E-state index contributed by atoms with van der Waals surface area (Å²) < 4.78 is 0. The van der Waals surface area contributed by atoms with Crippen LogP contribution >= 0.6 is 11.8 Å². The summed E-state index contributed by atoms with van der Waals surface area (Å²) >= 11 is 1.42. The van der Waals surface area contributed by atoms with Crippen molar-refractivity contribution in [2.24, 2.45) is 0 Å². The second kappa shape index (κ2) is 5.38. The third kappa shape index (κ3) is 2.47. The molecule has 2 N–H and O–H groups in total. The number of nitrogens with one attached hydrogen (secondary N) is 1. The van der Waals surface area contributed by atoms with E-state index in [1.165, 1.54) is 16.7 Å². The molecule has 0 radical (unpaired) electrons. The Morgan fingerprint density at radius 3 is 3.06 bits per heavy atom. The van der Waals surface area contributed by atoms with Gasteiger partial charge in [-0.2, -0.15) is 0 Å². The van der Waals surface area contributed by atoms with Crippen LogP contribution in [0.25, 0.3) is 0 Å². The zero-order valence-electron chi connectivity index (χ0n) is 9.92. The van der Waals surface area contributed by atoms with Crippen LogP contribution in [0.4, 0.5) is 0 Å². The first kappa shape index (κ1) is 12.9. The summed E-state index contributed by atoms with van der Waals surface area (Å²) in [5, 5.41) is 15.5. The molecular weight excluding hydrogens is 256 g/mol. The number of aryl methyl sites for hydroxylation is 1. The van der Waals surface area contributed by atoms with Gasteiger partial charge in [0.05, 0.1) is 5.88 Å². The molecule has 0 aromatic carbocycles. The van der Waals surface area contributed by atoms with Crippen molar-refractivity contribution in [3.8, 4) is 0 Å². The van der Waals surface area contributed by atoms with E-state index in [4.69, 9.17) is 5.11 Å². The maximum Gasteiger partial charge on any atom is 0.327 e. The number of carboxylic acids is 1. The molecule has 1 atom stereocenters. The Hall–Kier alpha value is -1.57. The molecule has 2 rings (SSSR count). The maximum atomic E-state index is 12.1. The van der Waals surface area contributed by atoms with Crippen LogP contribution in [0.1, 0.15) is 29.8 Å². The smallest absolute Gasteiger partial charge is 0.327 e. The summed E-state index contributed by atoms with van der Waals surface area (Å²) in [4.78, 5) is 28.5. The molecule has 0 spiro atoms. The van der Waals surface area contributed by atoms with Gasteiger partial charge >= 0.3 is 5.97 Å². The molecule has 18 heavy (non-hydrogen) atoms. The highest BCUT2D eigenvalue weighted by Crippen LogP contribution is 2.22. The number of H-pyrrole nitrogens is 1. The summed E-state index contributed by atoms with van der Waals surface area (Å²) in [6, 6.07) is -0.782. The number of carbonyl (C=O) groups excluding carboxylic acids is 1. The van der Waals surface area contributed by atoms with Crippen LogP contribution < -0.4 is 0 Å². The van der Waals surface area contributed by atoms with Gasteiger partial charge in [-0.05, 0) is 6.42 Å². The van der Waals surface area contributed by atoms with Crippen LogP contribution in [0.2, 0.25) is 0 Å². The Morgan fingerprint density at radius 1 is 1.61 bits per heavy atom. The van der Waals surface area contributed by atoms with Crippen LogP contribution in [-0.4, -0.2) is 54.7 Å². The lowest BCUT2D eigenvalue weighted by Gasteiger charge is -2.18. The largest absolute Gasteiger partial charge is 0.480 e. The summed E-state index contributed by atoms with van der Waals surface area (Å²) in [5.74, 6) is 0.0660. The zero-order valence-corrected chi connectivity index (χ0v) is 10.7. The van der Waals surface area contributed by atoms with Crippen molar-refractivity contribution in [3.05, 3.63) is 11.6 Å². The number of aromatic nitrogens is 3. The number of carbonyl (C=O) groups is 2. The summed E-state index contributed by atoms with van der Waals surface area (Å²) in [6.07, 6.45) is 1.62. The van der Waals surface area contributed by atoms with E-state index in [0.717, 1.165) is 12.8 Å². The molecule has 8 heteroatoms. The lowest BCUT2D eigenvalue weighted by Crippen LogP contribution is -2.42. The van der Waals surface area contributed by atoms with Crippen molar-refractivity contribution in [2.75, 3.05) is 11.6 Å². The van der Waals surface area contributed by atoms with Crippen LogP contribution in [0.15, 0.2) is 0 Å². The zero-order chi connectivity index (χ0) is 13.1. The monoisotopic (exact) mass is 270 g/mol. The fraction of sp³-hybridized carbons (Fsp3) is 0.600. The SMILES string of the molecule is CCCc1nc(C(=O)N2CSCC2C(=O)O)n[nH]1. The molecule has 1 fully saturated rings. The van der Waals surface area contributed by atoms with E-state index >= 15 is 0 Å². The van der Waals surface area contributed by atoms with Crippen LogP contribution in [0.3, 0.4) is 0 Å². The molecule has 1 aromatic heterocycles. The van der Waals surface area contributed by atoms with Gasteiger partial charge in [0.25, 0.3) is 5.91 Å². The Bertz CT molecular complexity index is 462. The van der Waals surface area contributed by atoms with Gasteiger partial charge in [0, 0.05) is 12.2 Å². The van der Waals surface area contributed by atoms with Gasteiger partial charge in [-0.15, -0.1) is 16.9 Å². The molecule has 1 saturated heterocycles. The van der Waals surface area contributed by atoms with E-state index in [1.807, 2.05) is 6.92 Å². The average molecular weight is 270 g/mol. The Morgan fingerprint density at radius 2 is 2.39 bits per heavy atom. The molecular formula is C10H14N4O3S.